The summed E-state index contributed by atoms with van der Waals surface area (Å²) in [6, 6.07) is 13.4. The SMILES string of the molecule is CN(C)CCNC(=O)NC[C@H]1CC[C@@H]2[C@H](O1)c1cc(C(F)(F)F)ccc1N[C@H]2c1ccccc1. The Morgan fingerprint density at radius 2 is 1.88 bits per heavy atom. The second kappa shape index (κ2) is 10.2. The number of alkyl halides is 3. The van der Waals surface area contributed by atoms with Gasteiger partial charge in [0.15, 0.2) is 0 Å². The lowest BCUT2D eigenvalue weighted by atomic mass is 9.76. The summed E-state index contributed by atoms with van der Waals surface area (Å²) in [4.78, 5) is 14.1. The highest BCUT2D eigenvalue weighted by atomic mass is 19.4. The van der Waals surface area contributed by atoms with Gasteiger partial charge in [-0.05, 0) is 50.7 Å². The fourth-order valence-electron chi connectivity index (χ4n) is 4.74. The van der Waals surface area contributed by atoms with Gasteiger partial charge in [-0.25, -0.2) is 4.79 Å². The van der Waals surface area contributed by atoms with Crippen LogP contribution in [0.1, 0.15) is 41.7 Å². The third-order valence-corrected chi connectivity index (χ3v) is 6.47. The first-order valence-electron chi connectivity index (χ1n) is 11.6. The summed E-state index contributed by atoms with van der Waals surface area (Å²) in [5, 5.41) is 9.09. The Kier molecular flexibility index (Phi) is 7.33. The molecule has 0 unspecified atom stereocenters. The molecular weight excluding hydrogens is 445 g/mol. The standard InChI is InChI=1S/C25H31F3N4O2/c1-32(2)13-12-29-24(33)30-15-18-9-10-19-22(16-6-4-3-5-7-16)31-21-11-8-17(25(26,27)28)14-20(21)23(19)34-18/h3-8,11,14,18-19,22-23,31H,9-10,12-13,15H2,1-2H3,(H2,29,30,33)/t18-,19+,22+,23+/m1/s1. The number of hydrogen-bond acceptors (Lipinski definition) is 4. The lowest BCUT2D eigenvalue weighted by Crippen LogP contribution is -2.46. The van der Waals surface area contributed by atoms with Crippen molar-refractivity contribution in [2.24, 2.45) is 5.92 Å². The van der Waals surface area contributed by atoms with Gasteiger partial charge in [0, 0.05) is 36.8 Å². The third kappa shape index (κ3) is 5.64. The van der Waals surface area contributed by atoms with E-state index in [4.69, 9.17) is 4.74 Å². The monoisotopic (exact) mass is 476 g/mol. The van der Waals surface area contributed by atoms with Gasteiger partial charge in [-0.15, -0.1) is 0 Å². The Morgan fingerprint density at radius 3 is 2.59 bits per heavy atom. The molecular formula is C25H31F3N4O2. The smallest absolute Gasteiger partial charge is 0.378 e. The number of benzene rings is 2. The van der Waals surface area contributed by atoms with E-state index in [1.807, 2.05) is 49.3 Å². The summed E-state index contributed by atoms with van der Waals surface area (Å²) in [7, 11) is 3.85. The van der Waals surface area contributed by atoms with Gasteiger partial charge in [-0.3, -0.25) is 0 Å². The number of fused-ring (bicyclic) bond motifs is 3. The maximum atomic E-state index is 13.4. The van der Waals surface area contributed by atoms with Gasteiger partial charge in [0.1, 0.15) is 0 Å². The van der Waals surface area contributed by atoms with Crippen LogP contribution in [0.4, 0.5) is 23.7 Å². The minimum atomic E-state index is -4.43. The summed E-state index contributed by atoms with van der Waals surface area (Å²) < 4.78 is 46.7. The third-order valence-electron chi connectivity index (χ3n) is 6.47. The first kappa shape index (κ1) is 24.3. The maximum absolute atomic E-state index is 13.4. The van der Waals surface area contributed by atoms with E-state index in [-0.39, 0.29) is 24.1 Å². The lowest BCUT2D eigenvalue weighted by Gasteiger charge is -2.46. The number of urea groups is 1. The largest absolute Gasteiger partial charge is 0.416 e. The number of halogens is 3. The molecule has 6 nitrogen and oxygen atoms in total. The second-order valence-corrected chi connectivity index (χ2v) is 9.19. The zero-order valence-electron chi connectivity index (χ0n) is 19.4. The topological polar surface area (TPSA) is 65.6 Å². The predicted molar refractivity (Wildman–Crippen MR) is 125 cm³/mol. The number of nitrogens with one attached hydrogen (secondary N) is 3. The molecule has 0 aliphatic carbocycles. The van der Waals surface area contributed by atoms with E-state index in [0.29, 0.717) is 30.8 Å². The predicted octanol–water partition coefficient (Wildman–Crippen LogP) is 4.57. The van der Waals surface area contributed by atoms with Crippen LogP contribution in [0.15, 0.2) is 48.5 Å². The molecule has 1 saturated heterocycles. The van der Waals surface area contributed by atoms with E-state index in [9.17, 15) is 18.0 Å². The zero-order valence-corrected chi connectivity index (χ0v) is 19.4. The van der Waals surface area contributed by atoms with Crippen molar-refractivity contribution in [1.29, 1.82) is 0 Å². The maximum Gasteiger partial charge on any atom is 0.416 e. The number of anilines is 1. The molecule has 0 radical (unpaired) electrons. The molecule has 0 saturated carbocycles. The molecule has 0 aromatic heterocycles. The van der Waals surface area contributed by atoms with Gasteiger partial charge in [-0.1, -0.05) is 30.3 Å². The number of ether oxygens (including phenoxy) is 1. The lowest BCUT2D eigenvalue weighted by molar-refractivity contribution is -0.138. The minimum Gasteiger partial charge on any atom is -0.378 e. The van der Waals surface area contributed by atoms with Gasteiger partial charge in [0.25, 0.3) is 0 Å². The van der Waals surface area contributed by atoms with Crippen molar-refractivity contribution in [2.75, 3.05) is 39.0 Å². The van der Waals surface area contributed by atoms with Crippen molar-refractivity contribution >= 4 is 11.7 Å². The van der Waals surface area contributed by atoms with Crippen molar-refractivity contribution in [3.63, 3.8) is 0 Å². The molecule has 9 heteroatoms. The van der Waals surface area contributed by atoms with E-state index in [1.54, 1.807) is 0 Å². The van der Waals surface area contributed by atoms with E-state index in [2.05, 4.69) is 16.0 Å². The molecule has 1 fully saturated rings. The molecule has 2 amide bonds. The van der Waals surface area contributed by atoms with Crippen LogP contribution in [-0.2, 0) is 10.9 Å². The molecule has 4 rings (SSSR count). The van der Waals surface area contributed by atoms with Crippen LogP contribution in [0.5, 0.6) is 0 Å². The summed E-state index contributed by atoms with van der Waals surface area (Å²) in [6.45, 7) is 1.55. The Morgan fingerprint density at radius 1 is 1.12 bits per heavy atom. The molecule has 184 valence electrons. The fourth-order valence-corrected chi connectivity index (χ4v) is 4.74. The van der Waals surface area contributed by atoms with Crippen LogP contribution in [0, 0.1) is 5.92 Å². The molecule has 0 spiro atoms. The molecule has 2 heterocycles. The fraction of sp³-hybridized carbons (Fsp3) is 0.480. The number of carbonyl (C=O) groups is 1. The summed E-state index contributed by atoms with van der Waals surface area (Å²) >= 11 is 0. The molecule has 2 aliphatic heterocycles. The van der Waals surface area contributed by atoms with Crippen molar-refractivity contribution in [3.05, 3.63) is 65.2 Å². The highest BCUT2D eigenvalue weighted by Crippen LogP contribution is 2.51. The molecule has 2 aliphatic rings. The molecule has 4 atom stereocenters. The minimum absolute atomic E-state index is 0.0245. The summed E-state index contributed by atoms with van der Waals surface area (Å²) in [6.07, 6.45) is -3.74. The molecule has 2 aromatic carbocycles. The van der Waals surface area contributed by atoms with Crippen LogP contribution < -0.4 is 16.0 Å². The first-order valence-corrected chi connectivity index (χ1v) is 11.6. The molecule has 34 heavy (non-hydrogen) atoms. The zero-order chi connectivity index (χ0) is 24.3. The van der Waals surface area contributed by atoms with Crippen LogP contribution in [-0.4, -0.2) is 50.8 Å². The van der Waals surface area contributed by atoms with Crippen LogP contribution in [0.3, 0.4) is 0 Å². The van der Waals surface area contributed by atoms with Crippen LogP contribution in [0.2, 0.25) is 0 Å². The quantitative estimate of drug-likeness (QED) is 0.572. The normalized spacial score (nSPS) is 24.1. The Hall–Kier alpha value is -2.78. The van der Waals surface area contributed by atoms with Crippen LogP contribution in [0.25, 0.3) is 0 Å². The summed E-state index contributed by atoms with van der Waals surface area (Å²) in [5.74, 6) is -0.0245. The van der Waals surface area contributed by atoms with Gasteiger partial charge in [0.05, 0.1) is 23.8 Å². The average Bonchev–Trinajstić information content (AvgIpc) is 2.81. The van der Waals surface area contributed by atoms with Gasteiger partial charge < -0.3 is 25.6 Å². The van der Waals surface area contributed by atoms with E-state index in [1.165, 1.54) is 12.1 Å². The van der Waals surface area contributed by atoms with Crippen LogP contribution >= 0.6 is 0 Å². The highest BCUT2D eigenvalue weighted by Gasteiger charge is 2.43. The van der Waals surface area contributed by atoms with E-state index in [0.717, 1.165) is 24.6 Å². The average molecular weight is 477 g/mol. The highest BCUT2D eigenvalue weighted by molar-refractivity contribution is 5.73. The number of carbonyl (C=O) groups excluding carboxylic acids is 1. The number of rotatable bonds is 6. The van der Waals surface area contributed by atoms with Gasteiger partial charge in [0.2, 0.25) is 0 Å². The second-order valence-electron chi connectivity index (χ2n) is 9.19. The van der Waals surface area contributed by atoms with Crippen molar-refractivity contribution < 1.29 is 22.7 Å². The van der Waals surface area contributed by atoms with Crippen molar-refractivity contribution in [3.8, 4) is 0 Å². The number of hydrogen-bond donors (Lipinski definition) is 3. The molecule has 0 bridgehead atoms. The van der Waals surface area contributed by atoms with Gasteiger partial charge in [-0.2, -0.15) is 13.2 Å². The first-order chi connectivity index (χ1) is 16.2. The van der Waals surface area contributed by atoms with Gasteiger partial charge >= 0.3 is 12.2 Å². The number of nitrogens with zero attached hydrogens (tertiary/aromatic N) is 1. The Balaban J connectivity index is 1.52. The Labute approximate surface area is 197 Å². The Bertz CT molecular complexity index is 984. The van der Waals surface area contributed by atoms with E-state index < -0.39 is 17.8 Å². The molecule has 2 aromatic rings. The number of amides is 2. The van der Waals surface area contributed by atoms with Crippen molar-refractivity contribution in [2.45, 2.75) is 37.3 Å². The molecule has 3 N–H and O–H groups in total. The van der Waals surface area contributed by atoms with Crippen molar-refractivity contribution in [1.82, 2.24) is 15.5 Å². The number of likely N-dealkylation sites (N-methyl/N-ethyl adjacent to an activating group) is 1. The summed E-state index contributed by atoms with van der Waals surface area (Å²) in [5.41, 5.74) is 1.56. The van der Waals surface area contributed by atoms with E-state index >= 15 is 0 Å².